The molecular weight excluding hydrogens is 234 g/mol. The Kier molecular flexibility index (Phi) is 3.88. The van der Waals surface area contributed by atoms with Gasteiger partial charge in [0.25, 0.3) is 0 Å². The molecule has 2 heteroatoms. The van der Waals surface area contributed by atoms with Gasteiger partial charge in [-0.1, -0.05) is 36.8 Å². The van der Waals surface area contributed by atoms with Crippen molar-refractivity contribution < 1.29 is 4.74 Å². The second kappa shape index (κ2) is 5.79. The van der Waals surface area contributed by atoms with E-state index in [0.717, 1.165) is 18.9 Å². The summed E-state index contributed by atoms with van der Waals surface area (Å²) in [5.74, 6) is 1.59. The monoisotopic (exact) mass is 257 g/mol. The molecule has 0 fully saturated rings. The van der Waals surface area contributed by atoms with Crippen molar-refractivity contribution in [1.29, 1.82) is 0 Å². The molecule has 2 aliphatic rings. The molecule has 0 aromatic heterocycles. The van der Waals surface area contributed by atoms with Crippen LogP contribution in [0.5, 0.6) is 5.75 Å². The van der Waals surface area contributed by atoms with E-state index < -0.39 is 0 Å². The molecule has 3 rings (SSSR count). The molecule has 1 aromatic carbocycles. The van der Waals surface area contributed by atoms with Gasteiger partial charge in [-0.3, -0.25) is 0 Å². The lowest BCUT2D eigenvalue weighted by Crippen LogP contribution is -2.34. The van der Waals surface area contributed by atoms with E-state index in [9.17, 15) is 0 Å². The summed E-state index contributed by atoms with van der Waals surface area (Å²) >= 11 is 0. The normalized spacial score (nSPS) is 25.6. The average Bonchev–Trinajstić information content (AvgIpc) is 2.94. The van der Waals surface area contributed by atoms with E-state index in [0.29, 0.717) is 12.0 Å². The largest absolute Gasteiger partial charge is 0.493 e. The smallest absolute Gasteiger partial charge is 0.124 e. The molecule has 2 nitrogen and oxygen atoms in total. The Hall–Kier alpha value is -1.28. The van der Waals surface area contributed by atoms with Crippen LogP contribution in [0.4, 0.5) is 0 Å². The zero-order valence-corrected chi connectivity index (χ0v) is 11.7. The van der Waals surface area contributed by atoms with Crippen molar-refractivity contribution in [3.63, 3.8) is 0 Å². The molecule has 0 spiro atoms. The molecule has 1 aliphatic heterocycles. The van der Waals surface area contributed by atoms with Gasteiger partial charge in [0.15, 0.2) is 0 Å². The standard InChI is InChI=1S/C17H23NO/c1-13-12-19-16-9-5-4-8-15(16)17(13)18-11-10-14-6-2-3-7-14/h4-6,8-9,13,17-18H,2-3,7,10-12H2,1H3. The Bertz CT molecular complexity index is 466. The van der Waals surface area contributed by atoms with E-state index in [1.807, 2.05) is 0 Å². The van der Waals surface area contributed by atoms with Crippen LogP contribution in [0.15, 0.2) is 35.9 Å². The van der Waals surface area contributed by atoms with Crippen LogP contribution < -0.4 is 10.1 Å². The van der Waals surface area contributed by atoms with Crippen LogP contribution in [0, 0.1) is 5.92 Å². The molecule has 0 saturated heterocycles. The van der Waals surface area contributed by atoms with Crippen LogP contribution in [-0.2, 0) is 0 Å². The Morgan fingerprint density at radius 2 is 2.21 bits per heavy atom. The number of hydrogen-bond acceptors (Lipinski definition) is 2. The molecule has 1 aromatic rings. The first kappa shape index (κ1) is 12.7. The van der Waals surface area contributed by atoms with Gasteiger partial charge < -0.3 is 10.1 Å². The maximum Gasteiger partial charge on any atom is 0.124 e. The first-order valence-electron chi connectivity index (χ1n) is 7.47. The van der Waals surface area contributed by atoms with Crippen molar-refractivity contribution in [3.8, 4) is 5.75 Å². The van der Waals surface area contributed by atoms with Gasteiger partial charge in [-0.15, -0.1) is 0 Å². The summed E-state index contributed by atoms with van der Waals surface area (Å²) < 4.78 is 5.79. The van der Waals surface area contributed by atoms with Gasteiger partial charge in [0.2, 0.25) is 0 Å². The van der Waals surface area contributed by atoms with Crippen LogP contribution in [0.3, 0.4) is 0 Å². The number of para-hydroxylation sites is 1. The molecule has 1 aliphatic carbocycles. The number of allylic oxidation sites excluding steroid dienone is 1. The molecule has 2 unspecified atom stereocenters. The minimum absolute atomic E-state index is 0.437. The molecule has 0 saturated carbocycles. The highest BCUT2D eigenvalue weighted by molar-refractivity contribution is 5.37. The number of ether oxygens (including phenoxy) is 1. The van der Waals surface area contributed by atoms with Crippen molar-refractivity contribution in [1.82, 2.24) is 5.32 Å². The molecular formula is C17H23NO. The van der Waals surface area contributed by atoms with Gasteiger partial charge in [0.1, 0.15) is 5.75 Å². The summed E-state index contributed by atoms with van der Waals surface area (Å²) in [5, 5.41) is 3.73. The summed E-state index contributed by atoms with van der Waals surface area (Å²) in [6.45, 7) is 4.16. The number of benzene rings is 1. The minimum Gasteiger partial charge on any atom is -0.493 e. The first-order chi connectivity index (χ1) is 9.34. The van der Waals surface area contributed by atoms with Crippen LogP contribution in [-0.4, -0.2) is 13.2 Å². The predicted molar refractivity (Wildman–Crippen MR) is 78.4 cm³/mol. The van der Waals surface area contributed by atoms with E-state index in [1.54, 1.807) is 5.57 Å². The lowest BCUT2D eigenvalue weighted by atomic mass is 9.92. The minimum atomic E-state index is 0.437. The second-order valence-corrected chi connectivity index (χ2v) is 5.76. The van der Waals surface area contributed by atoms with E-state index in [1.165, 1.54) is 31.2 Å². The zero-order valence-electron chi connectivity index (χ0n) is 11.7. The molecule has 1 N–H and O–H groups in total. The summed E-state index contributed by atoms with van der Waals surface area (Å²) in [7, 11) is 0. The van der Waals surface area contributed by atoms with Crippen molar-refractivity contribution >= 4 is 0 Å². The van der Waals surface area contributed by atoms with Crippen molar-refractivity contribution in [2.45, 2.75) is 38.6 Å². The molecule has 0 amide bonds. The Morgan fingerprint density at radius 1 is 1.32 bits per heavy atom. The van der Waals surface area contributed by atoms with E-state index in [4.69, 9.17) is 4.74 Å². The third-order valence-corrected chi connectivity index (χ3v) is 4.27. The van der Waals surface area contributed by atoms with Crippen LogP contribution in [0.2, 0.25) is 0 Å². The first-order valence-corrected chi connectivity index (χ1v) is 7.47. The maximum absolute atomic E-state index is 5.79. The van der Waals surface area contributed by atoms with Crippen LogP contribution in [0.25, 0.3) is 0 Å². The molecule has 0 bridgehead atoms. The van der Waals surface area contributed by atoms with E-state index in [2.05, 4.69) is 42.6 Å². The molecule has 1 heterocycles. The molecule has 102 valence electrons. The third kappa shape index (κ3) is 2.84. The van der Waals surface area contributed by atoms with E-state index >= 15 is 0 Å². The van der Waals surface area contributed by atoms with Gasteiger partial charge in [-0.2, -0.15) is 0 Å². The van der Waals surface area contributed by atoms with Crippen molar-refractivity contribution in [2.75, 3.05) is 13.2 Å². The van der Waals surface area contributed by atoms with Gasteiger partial charge >= 0.3 is 0 Å². The zero-order chi connectivity index (χ0) is 13.1. The van der Waals surface area contributed by atoms with Gasteiger partial charge in [-0.25, -0.2) is 0 Å². The Morgan fingerprint density at radius 3 is 3.05 bits per heavy atom. The number of nitrogens with one attached hydrogen (secondary N) is 1. The van der Waals surface area contributed by atoms with Gasteiger partial charge in [-0.05, 0) is 38.3 Å². The summed E-state index contributed by atoms with van der Waals surface area (Å²) in [5.41, 5.74) is 2.96. The fourth-order valence-electron chi connectivity index (χ4n) is 3.16. The highest BCUT2D eigenvalue weighted by Crippen LogP contribution is 2.35. The summed E-state index contributed by atoms with van der Waals surface area (Å²) in [4.78, 5) is 0. The Labute approximate surface area is 115 Å². The lowest BCUT2D eigenvalue weighted by Gasteiger charge is -2.32. The quantitative estimate of drug-likeness (QED) is 0.827. The fraction of sp³-hybridized carbons (Fsp3) is 0.529. The third-order valence-electron chi connectivity index (χ3n) is 4.27. The molecule has 0 radical (unpaired) electrons. The highest BCUT2D eigenvalue weighted by Gasteiger charge is 2.26. The average molecular weight is 257 g/mol. The Balaban J connectivity index is 1.63. The summed E-state index contributed by atoms with van der Waals surface area (Å²) in [6, 6.07) is 8.86. The topological polar surface area (TPSA) is 21.3 Å². The predicted octanol–water partition coefficient (Wildman–Crippen LogP) is 3.85. The van der Waals surface area contributed by atoms with Crippen LogP contribution >= 0.6 is 0 Å². The van der Waals surface area contributed by atoms with Gasteiger partial charge in [0, 0.05) is 17.5 Å². The van der Waals surface area contributed by atoms with Crippen LogP contribution in [0.1, 0.15) is 44.2 Å². The highest BCUT2D eigenvalue weighted by atomic mass is 16.5. The molecule has 19 heavy (non-hydrogen) atoms. The maximum atomic E-state index is 5.79. The lowest BCUT2D eigenvalue weighted by molar-refractivity contribution is 0.189. The number of hydrogen-bond donors (Lipinski definition) is 1. The summed E-state index contributed by atoms with van der Waals surface area (Å²) in [6.07, 6.45) is 7.56. The number of rotatable bonds is 4. The number of fused-ring (bicyclic) bond motifs is 1. The fourth-order valence-corrected chi connectivity index (χ4v) is 3.16. The second-order valence-electron chi connectivity index (χ2n) is 5.76. The van der Waals surface area contributed by atoms with E-state index in [-0.39, 0.29) is 0 Å². The molecule has 2 atom stereocenters. The van der Waals surface area contributed by atoms with Crippen molar-refractivity contribution in [3.05, 3.63) is 41.5 Å². The van der Waals surface area contributed by atoms with Crippen molar-refractivity contribution in [2.24, 2.45) is 5.92 Å². The SMILES string of the molecule is CC1COc2ccccc2C1NCCC1=CCCC1. The van der Waals surface area contributed by atoms with Gasteiger partial charge in [0.05, 0.1) is 6.61 Å².